The molecule has 0 bridgehead atoms. The molecule has 5 aliphatic rings. The van der Waals surface area contributed by atoms with E-state index in [1.165, 1.54) is 16.9 Å². The molecule has 13 nitrogen and oxygen atoms in total. The zero-order valence-electron chi connectivity index (χ0n) is 39.4. The van der Waals surface area contributed by atoms with Gasteiger partial charge in [0.05, 0.1) is 23.3 Å². The van der Waals surface area contributed by atoms with Crippen LogP contribution in [0.4, 0.5) is 5.69 Å². The van der Waals surface area contributed by atoms with Crippen molar-refractivity contribution in [2.75, 3.05) is 25.0 Å². The molecule has 6 aromatic rings. The smallest absolute Gasteiger partial charge is 0.231 e. The fourth-order valence-corrected chi connectivity index (χ4v) is 10.5. The molecule has 1 N–H and O–H groups in total. The Morgan fingerprint density at radius 3 is 1.90 bits per heavy atom. The molecule has 2 saturated carbocycles. The van der Waals surface area contributed by atoms with Gasteiger partial charge >= 0.3 is 0 Å². The van der Waals surface area contributed by atoms with Gasteiger partial charge in [0.2, 0.25) is 13.6 Å². The summed E-state index contributed by atoms with van der Waals surface area (Å²) in [5.74, 6) is 4.23. The van der Waals surface area contributed by atoms with Gasteiger partial charge in [-0.2, -0.15) is 10.5 Å². The van der Waals surface area contributed by atoms with Crippen LogP contribution >= 0.6 is 0 Å². The first-order chi connectivity index (χ1) is 32.1. The number of tetrazole rings is 1. The maximum absolute atomic E-state index is 13.5. The number of aryl methyl sites for hydroxylation is 2. The molecule has 1 unspecified atom stereocenters. The van der Waals surface area contributed by atoms with Gasteiger partial charge in [-0.15, -0.1) is 10.2 Å². The first kappa shape index (κ1) is 44.2. The van der Waals surface area contributed by atoms with E-state index in [0.717, 1.165) is 101 Å². The summed E-state index contributed by atoms with van der Waals surface area (Å²) in [4.78, 5) is 29.3. The topological polar surface area (TPSA) is 157 Å². The van der Waals surface area contributed by atoms with Gasteiger partial charge in [-0.3, -0.25) is 9.59 Å². The molecule has 0 saturated heterocycles. The van der Waals surface area contributed by atoms with Gasteiger partial charge in [0.25, 0.3) is 0 Å². The lowest BCUT2D eigenvalue weighted by Crippen LogP contribution is -2.42. The van der Waals surface area contributed by atoms with Crippen LogP contribution in [0.1, 0.15) is 113 Å². The van der Waals surface area contributed by atoms with Gasteiger partial charge in [0, 0.05) is 66.1 Å². The molecular formula is C54H59N7O6. The number of fused-ring (bicyclic) bond motifs is 4. The lowest BCUT2D eigenvalue weighted by Gasteiger charge is -2.36. The first-order valence-corrected chi connectivity index (χ1v) is 23.6. The molecule has 11 rings (SSSR count). The fraction of sp³-hybridized carbons (Fsp3) is 0.444. The molecule has 4 aromatic carbocycles. The van der Waals surface area contributed by atoms with Crippen LogP contribution in [0.25, 0.3) is 10.9 Å². The number of nitriles is 1. The second-order valence-corrected chi connectivity index (χ2v) is 21.1. The van der Waals surface area contributed by atoms with Crippen LogP contribution < -0.4 is 23.8 Å². The van der Waals surface area contributed by atoms with Crippen LogP contribution in [0.15, 0.2) is 78.9 Å². The third kappa shape index (κ3) is 8.51. The molecule has 346 valence electrons. The highest BCUT2D eigenvalue weighted by Crippen LogP contribution is 2.53. The number of ketones is 2. The zero-order chi connectivity index (χ0) is 46.7. The van der Waals surface area contributed by atoms with Crippen molar-refractivity contribution >= 4 is 28.2 Å². The number of nitrogens with one attached hydrogen (secondary N) is 1. The third-order valence-electron chi connectivity index (χ3n) is 14.5. The second-order valence-electron chi connectivity index (χ2n) is 21.1. The van der Waals surface area contributed by atoms with E-state index in [1.807, 2.05) is 36.4 Å². The maximum Gasteiger partial charge on any atom is 0.231 e. The van der Waals surface area contributed by atoms with Crippen LogP contribution in [0.3, 0.4) is 0 Å². The molecule has 2 fully saturated rings. The Kier molecular flexibility index (Phi) is 11.1. The Hall–Kier alpha value is -6.68. The molecule has 2 aromatic heterocycles. The number of aromatic nitrogens is 5. The quantitative estimate of drug-likeness (QED) is 0.118. The lowest BCUT2D eigenvalue weighted by atomic mass is 9.84. The summed E-state index contributed by atoms with van der Waals surface area (Å²) in [6, 6.07) is 29.6. The molecule has 0 radical (unpaired) electrons. The van der Waals surface area contributed by atoms with Crippen molar-refractivity contribution in [3.8, 4) is 29.1 Å². The molecule has 67 heavy (non-hydrogen) atoms. The summed E-state index contributed by atoms with van der Waals surface area (Å²) in [5, 5.41) is 24.6. The average Bonchev–Trinajstić information content (AvgIpc) is 3.83. The summed E-state index contributed by atoms with van der Waals surface area (Å²) < 4.78 is 24.3. The van der Waals surface area contributed by atoms with Crippen LogP contribution in [0.5, 0.6) is 23.0 Å². The number of ether oxygens (including phenoxy) is 4. The van der Waals surface area contributed by atoms with E-state index in [1.54, 1.807) is 0 Å². The van der Waals surface area contributed by atoms with Crippen molar-refractivity contribution in [2.24, 2.45) is 5.41 Å². The summed E-state index contributed by atoms with van der Waals surface area (Å²) in [6.45, 7) is 15.4. The minimum absolute atomic E-state index is 0.0241. The standard InChI is InChI=1S/C27H29N5O3.C27H30N2O3/c1-26(2,3)23-14-18-12-17(4-6-20(18)32(23)11-8-25-28-30-31-29-25)13-24(33)27(9-10-27)19-5-7-21-22(15-19)35-16-34-21;1-26(2,3)24-15-19-13-18(5-7-21(19)29(24)12-4-11-28)14-25(30)27(9-10-27)20-6-8-22-23(16-20)32-17-31-22/h4-7,12,14-15H,8-11,13,16H2,1-3H3,(H,28,29,30,31);5-8,13,16,24H,4,9-10,12,14-15,17H2,1-3H3. The van der Waals surface area contributed by atoms with Gasteiger partial charge in [0.1, 0.15) is 11.6 Å². The van der Waals surface area contributed by atoms with E-state index in [4.69, 9.17) is 24.2 Å². The van der Waals surface area contributed by atoms with E-state index in [2.05, 4.69) is 120 Å². The molecule has 13 heteroatoms. The van der Waals surface area contributed by atoms with E-state index in [-0.39, 0.29) is 41.4 Å². The van der Waals surface area contributed by atoms with Crippen LogP contribution in [0, 0.1) is 16.7 Å². The molecule has 5 heterocycles. The van der Waals surface area contributed by atoms with Crippen LogP contribution in [0.2, 0.25) is 0 Å². The van der Waals surface area contributed by atoms with Gasteiger partial charge < -0.3 is 28.4 Å². The van der Waals surface area contributed by atoms with Gasteiger partial charge in [-0.25, -0.2) is 0 Å². The van der Waals surface area contributed by atoms with E-state index in [0.29, 0.717) is 37.5 Å². The highest BCUT2D eigenvalue weighted by atomic mass is 16.7. The lowest BCUT2D eigenvalue weighted by molar-refractivity contribution is -0.121. The minimum atomic E-state index is -0.400. The number of nitrogens with zero attached hydrogens (tertiary/aromatic N) is 6. The van der Waals surface area contributed by atoms with Crippen molar-refractivity contribution in [1.29, 1.82) is 5.26 Å². The van der Waals surface area contributed by atoms with Crippen molar-refractivity contribution < 1.29 is 28.5 Å². The highest BCUT2D eigenvalue weighted by molar-refractivity contribution is 5.96. The number of rotatable bonds is 13. The monoisotopic (exact) mass is 901 g/mol. The first-order valence-electron chi connectivity index (χ1n) is 23.6. The Labute approximate surface area is 391 Å². The van der Waals surface area contributed by atoms with E-state index < -0.39 is 5.41 Å². The maximum atomic E-state index is 13.5. The number of aromatic amines is 1. The number of Topliss-reactive ketones (excluding diaryl/α,β-unsaturated/α-hetero) is 2. The SMILES string of the molecule is CC(C)(C)C1Cc2cc(CC(=O)C3(c4ccc5c(c4)OCO5)CC3)ccc2N1CCC#N.CC(C)(C)c1cc2cc(CC(=O)C3(c4ccc5c(c4)OCO5)CC3)ccc2n1CCc1nn[nH]n1. The second kappa shape index (κ2) is 16.9. The molecule has 0 spiro atoms. The van der Waals surface area contributed by atoms with Gasteiger partial charge in [0.15, 0.2) is 28.8 Å². The normalized spacial score (nSPS) is 18.0. The number of hydrogen-bond acceptors (Lipinski definition) is 11. The van der Waals surface area contributed by atoms with Gasteiger partial charge in [-0.05, 0) is 114 Å². The largest absolute Gasteiger partial charge is 0.454 e. The molecule has 3 aliphatic heterocycles. The highest BCUT2D eigenvalue weighted by Gasteiger charge is 2.52. The fourth-order valence-electron chi connectivity index (χ4n) is 10.5. The van der Waals surface area contributed by atoms with Gasteiger partial charge in [-0.1, -0.05) is 77.1 Å². The predicted molar refractivity (Wildman–Crippen MR) is 254 cm³/mol. The summed E-state index contributed by atoms with van der Waals surface area (Å²) in [5.41, 5.74) is 8.43. The van der Waals surface area contributed by atoms with E-state index >= 15 is 0 Å². The average molecular weight is 902 g/mol. The van der Waals surface area contributed by atoms with Crippen LogP contribution in [-0.4, -0.2) is 62.9 Å². The number of benzene rings is 4. The molecule has 1 atom stereocenters. The van der Waals surface area contributed by atoms with E-state index in [9.17, 15) is 9.59 Å². The molecular weight excluding hydrogens is 843 g/mol. The van der Waals surface area contributed by atoms with Crippen molar-refractivity contribution in [3.05, 3.63) is 118 Å². The summed E-state index contributed by atoms with van der Waals surface area (Å²) in [6.07, 6.45) is 6.59. The Bertz CT molecular complexity index is 2910. The Balaban J connectivity index is 0.000000157. The Morgan fingerprint density at radius 1 is 0.746 bits per heavy atom. The minimum Gasteiger partial charge on any atom is -0.454 e. The Morgan fingerprint density at radius 2 is 1.34 bits per heavy atom. The van der Waals surface area contributed by atoms with Crippen molar-refractivity contribution in [2.45, 2.75) is 128 Å². The van der Waals surface area contributed by atoms with Crippen LogP contribution in [-0.2, 0) is 58.1 Å². The van der Waals surface area contributed by atoms with Crippen molar-refractivity contribution in [1.82, 2.24) is 25.2 Å². The molecule has 2 aliphatic carbocycles. The number of carbonyl (C=O) groups excluding carboxylic acids is 2. The zero-order valence-corrected chi connectivity index (χ0v) is 39.4. The number of carbonyl (C=O) groups is 2. The number of anilines is 1. The number of hydrogen-bond donors (Lipinski definition) is 1. The summed E-state index contributed by atoms with van der Waals surface area (Å²) in [7, 11) is 0. The summed E-state index contributed by atoms with van der Waals surface area (Å²) >= 11 is 0. The number of H-pyrrole nitrogens is 1. The van der Waals surface area contributed by atoms with Crippen molar-refractivity contribution in [3.63, 3.8) is 0 Å². The predicted octanol–water partition coefficient (Wildman–Crippen LogP) is 9.22. The third-order valence-corrected chi connectivity index (χ3v) is 14.5. The molecule has 0 amide bonds.